The largest absolute Gasteiger partial charge is 0.383 e. The van der Waals surface area contributed by atoms with Crippen LogP contribution in [0.2, 0.25) is 0 Å². The molecule has 0 amide bonds. The molecule has 2 rings (SSSR count). The summed E-state index contributed by atoms with van der Waals surface area (Å²) in [6, 6.07) is 11.2. The number of thiophene rings is 1. The van der Waals surface area contributed by atoms with Gasteiger partial charge in [0.25, 0.3) is 0 Å². The summed E-state index contributed by atoms with van der Waals surface area (Å²) in [5.74, 6) is -0.121. The van der Waals surface area contributed by atoms with E-state index in [9.17, 15) is 8.42 Å². The molecule has 0 aliphatic heterocycles. The first kappa shape index (κ1) is 14.7. The van der Waals surface area contributed by atoms with Crippen molar-refractivity contribution in [3.63, 3.8) is 0 Å². The molecule has 4 nitrogen and oxygen atoms in total. The third-order valence-electron chi connectivity index (χ3n) is 2.17. The van der Waals surface area contributed by atoms with E-state index in [-0.39, 0.29) is 27.3 Å². The molecule has 3 N–H and O–H groups in total. The zero-order valence-electron chi connectivity index (χ0n) is 9.16. The lowest BCUT2D eigenvalue weighted by atomic mass is 10.4. The van der Waals surface area contributed by atoms with Crippen LogP contribution in [0.1, 0.15) is 4.88 Å². The molecular weight excluding hydrogens is 292 g/mol. The maximum absolute atomic E-state index is 12.2. The van der Waals surface area contributed by atoms with E-state index in [0.29, 0.717) is 4.88 Å². The molecule has 18 heavy (non-hydrogen) atoms. The van der Waals surface area contributed by atoms with Crippen LogP contribution >= 0.6 is 23.7 Å². The van der Waals surface area contributed by atoms with Gasteiger partial charge in [-0.15, -0.1) is 23.7 Å². The Hall–Kier alpha value is -1.37. The van der Waals surface area contributed by atoms with Gasteiger partial charge in [0.05, 0.1) is 9.77 Å². The highest BCUT2D eigenvalue weighted by Crippen LogP contribution is 2.27. The average molecular weight is 303 g/mol. The monoisotopic (exact) mass is 302 g/mol. The molecule has 1 aromatic heterocycles. The first-order valence-electron chi connectivity index (χ1n) is 4.76. The normalized spacial score (nSPS) is 10.7. The molecule has 0 radical (unpaired) electrons. The molecule has 0 atom stereocenters. The van der Waals surface area contributed by atoms with Crippen LogP contribution in [0.3, 0.4) is 0 Å². The van der Waals surface area contributed by atoms with Crippen molar-refractivity contribution in [1.82, 2.24) is 0 Å². The molecular formula is C11H11ClN2O2S2. The van der Waals surface area contributed by atoms with E-state index >= 15 is 0 Å². The van der Waals surface area contributed by atoms with Gasteiger partial charge in [-0.1, -0.05) is 18.2 Å². The molecule has 0 bridgehead atoms. The fraction of sp³-hybridized carbons (Fsp3) is 0. The fourth-order valence-corrected chi connectivity index (χ4v) is 3.92. The minimum Gasteiger partial charge on any atom is -0.383 e. The Morgan fingerprint density at radius 2 is 1.72 bits per heavy atom. The Balaban J connectivity index is 0.00000162. The SMILES string of the molecule is Cl.N=C(N)c1ccc(S(=O)(=O)c2ccccc2)s1. The number of rotatable bonds is 3. The van der Waals surface area contributed by atoms with Gasteiger partial charge in [-0.3, -0.25) is 5.41 Å². The highest BCUT2D eigenvalue weighted by molar-refractivity contribution is 7.93. The fourth-order valence-electron chi connectivity index (χ4n) is 1.33. The van der Waals surface area contributed by atoms with Crippen molar-refractivity contribution < 1.29 is 8.42 Å². The zero-order valence-corrected chi connectivity index (χ0v) is 11.6. The van der Waals surface area contributed by atoms with Crippen LogP contribution in [-0.2, 0) is 9.84 Å². The maximum atomic E-state index is 12.2. The Morgan fingerprint density at radius 1 is 1.11 bits per heavy atom. The number of nitrogens with two attached hydrogens (primary N) is 1. The summed E-state index contributed by atoms with van der Waals surface area (Å²) in [4.78, 5) is 0.705. The summed E-state index contributed by atoms with van der Waals surface area (Å²) in [7, 11) is -3.49. The van der Waals surface area contributed by atoms with E-state index in [2.05, 4.69) is 0 Å². The van der Waals surface area contributed by atoms with E-state index in [1.165, 1.54) is 6.07 Å². The predicted molar refractivity (Wildman–Crippen MR) is 74.5 cm³/mol. The van der Waals surface area contributed by atoms with E-state index in [1.807, 2.05) is 0 Å². The lowest BCUT2D eigenvalue weighted by molar-refractivity contribution is 0.598. The Bertz CT molecular complexity index is 651. The number of sulfone groups is 1. The number of hydrogen-bond donors (Lipinski definition) is 2. The molecule has 1 aromatic carbocycles. The highest BCUT2D eigenvalue weighted by Gasteiger charge is 2.19. The van der Waals surface area contributed by atoms with Gasteiger partial charge in [-0.25, -0.2) is 8.42 Å². The van der Waals surface area contributed by atoms with Crippen molar-refractivity contribution in [3.05, 3.63) is 47.3 Å². The van der Waals surface area contributed by atoms with E-state index in [1.54, 1.807) is 36.4 Å². The second-order valence-electron chi connectivity index (χ2n) is 3.35. The number of nitrogen functional groups attached to an aromatic ring is 1. The van der Waals surface area contributed by atoms with E-state index in [4.69, 9.17) is 11.1 Å². The summed E-state index contributed by atoms with van der Waals surface area (Å²) in [5, 5.41) is 7.25. The number of benzene rings is 1. The maximum Gasteiger partial charge on any atom is 0.215 e. The number of nitrogens with one attached hydrogen (secondary N) is 1. The van der Waals surface area contributed by atoms with Crippen molar-refractivity contribution in [3.8, 4) is 0 Å². The molecule has 7 heteroatoms. The van der Waals surface area contributed by atoms with Crippen molar-refractivity contribution in [1.29, 1.82) is 5.41 Å². The molecule has 0 unspecified atom stereocenters. The standard InChI is InChI=1S/C11H10N2O2S2.ClH/c12-11(13)9-6-7-10(16-9)17(14,15)8-4-2-1-3-5-8;/h1-7H,(H3,12,13);1H. The smallest absolute Gasteiger partial charge is 0.215 e. The topological polar surface area (TPSA) is 84.0 Å². The van der Waals surface area contributed by atoms with Gasteiger partial charge in [-0.2, -0.15) is 0 Å². The molecule has 96 valence electrons. The quantitative estimate of drug-likeness (QED) is 0.674. The van der Waals surface area contributed by atoms with Gasteiger partial charge in [-0.05, 0) is 24.3 Å². The molecule has 0 aliphatic rings. The summed E-state index contributed by atoms with van der Waals surface area (Å²) in [6.07, 6.45) is 0. The van der Waals surface area contributed by atoms with Gasteiger partial charge < -0.3 is 5.73 Å². The Kier molecular flexibility index (Phi) is 4.50. The van der Waals surface area contributed by atoms with Crippen LogP contribution in [0.25, 0.3) is 0 Å². The van der Waals surface area contributed by atoms with Crippen molar-refractivity contribution in [2.24, 2.45) is 5.73 Å². The summed E-state index contributed by atoms with van der Waals surface area (Å²) < 4.78 is 24.5. The number of hydrogen-bond acceptors (Lipinski definition) is 4. The first-order chi connectivity index (χ1) is 8.01. The van der Waals surface area contributed by atoms with Crippen LogP contribution in [0, 0.1) is 5.41 Å². The Morgan fingerprint density at radius 3 is 2.22 bits per heavy atom. The molecule has 0 fully saturated rings. The summed E-state index contributed by atoms with van der Waals surface area (Å²) in [6.45, 7) is 0. The van der Waals surface area contributed by atoms with Crippen molar-refractivity contribution in [2.45, 2.75) is 9.10 Å². The van der Waals surface area contributed by atoms with Gasteiger partial charge >= 0.3 is 0 Å². The lowest BCUT2D eigenvalue weighted by Crippen LogP contribution is -2.08. The third kappa shape index (κ3) is 2.72. The molecule has 0 saturated heterocycles. The lowest BCUT2D eigenvalue weighted by Gasteiger charge is -2.00. The zero-order chi connectivity index (χ0) is 12.5. The second-order valence-corrected chi connectivity index (χ2v) is 6.61. The summed E-state index contributed by atoms with van der Waals surface area (Å²) >= 11 is 1.01. The number of halogens is 1. The van der Waals surface area contributed by atoms with Gasteiger partial charge in [0.1, 0.15) is 10.0 Å². The second kappa shape index (κ2) is 5.51. The van der Waals surface area contributed by atoms with Gasteiger partial charge in [0, 0.05) is 0 Å². The molecule has 0 spiro atoms. The minimum atomic E-state index is -3.49. The van der Waals surface area contributed by atoms with Crippen molar-refractivity contribution >= 4 is 39.4 Å². The van der Waals surface area contributed by atoms with Crippen molar-refractivity contribution in [2.75, 3.05) is 0 Å². The molecule has 2 aromatic rings. The van der Waals surface area contributed by atoms with E-state index < -0.39 is 9.84 Å². The van der Waals surface area contributed by atoms with E-state index in [0.717, 1.165) is 11.3 Å². The van der Waals surface area contributed by atoms with Gasteiger partial charge in [0.15, 0.2) is 0 Å². The van der Waals surface area contributed by atoms with Crippen LogP contribution in [0.5, 0.6) is 0 Å². The molecule has 0 aliphatic carbocycles. The van der Waals surface area contributed by atoms with Gasteiger partial charge in [0.2, 0.25) is 9.84 Å². The Labute approximate surface area is 115 Å². The van der Waals surface area contributed by atoms with Crippen LogP contribution in [-0.4, -0.2) is 14.3 Å². The average Bonchev–Trinajstić information content (AvgIpc) is 2.80. The third-order valence-corrected chi connectivity index (χ3v) is 5.55. The minimum absolute atomic E-state index is 0. The summed E-state index contributed by atoms with van der Waals surface area (Å²) in [5.41, 5.74) is 5.31. The highest BCUT2D eigenvalue weighted by atomic mass is 35.5. The molecule has 1 heterocycles. The first-order valence-corrected chi connectivity index (χ1v) is 7.06. The van der Waals surface area contributed by atoms with Crippen LogP contribution in [0.15, 0.2) is 51.6 Å². The predicted octanol–water partition coefficient (Wildman–Crippen LogP) is 2.29. The van der Waals surface area contributed by atoms with Crippen LogP contribution in [0.4, 0.5) is 0 Å². The molecule has 0 saturated carbocycles. The number of amidine groups is 1. The van der Waals surface area contributed by atoms with Crippen LogP contribution < -0.4 is 5.73 Å².